The number of ether oxygens (including phenoxy) is 1. The second-order valence-corrected chi connectivity index (χ2v) is 4.87. The van der Waals surface area contributed by atoms with Gasteiger partial charge in [0.25, 0.3) is 0 Å². The minimum Gasteiger partial charge on any atom is -0.457 e. The third-order valence-electron chi connectivity index (χ3n) is 2.27. The first-order valence-corrected chi connectivity index (χ1v) is 6.28. The van der Waals surface area contributed by atoms with Crippen LogP contribution >= 0.6 is 27.5 Å². The van der Waals surface area contributed by atoms with Gasteiger partial charge in [-0.15, -0.1) is 0 Å². The molecular weight excluding hydrogens is 302 g/mol. The molecule has 0 unspecified atom stereocenters. The number of nitrogens with two attached hydrogens (primary N) is 1. The lowest BCUT2D eigenvalue weighted by Crippen LogP contribution is -1.99. The SMILES string of the molecule is NCc1cc(Cl)ccc1Oc1cccc(Br)c1. The molecule has 0 atom stereocenters. The first kappa shape index (κ1) is 12.4. The number of hydrogen-bond acceptors (Lipinski definition) is 2. The molecule has 4 heteroatoms. The zero-order valence-electron chi connectivity index (χ0n) is 8.99. The topological polar surface area (TPSA) is 35.2 Å². The zero-order chi connectivity index (χ0) is 12.3. The van der Waals surface area contributed by atoms with Crippen LogP contribution in [0.15, 0.2) is 46.9 Å². The second-order valence-electron chi connectivity index (χ2n) is 3.52. The van der Waals surface area contributed by atoms with Crippen molar-refractivity contribution >= 4 is 27.5 Å². The standard InChI is InChI=1S/C13H11BrClNO/c14-10-2-1-3-12(7-10)17-13-5-4-11(15)6-9(13)8-16/h1-7H,8,16H2. The highest BCUT2D eigenvalue weighted by Gasteiger charge is 2.04. The van der Waals surface area contributed by atoms with Crippen LogP contribution in [0.4, 0.5) is 0 Å². The van der Waals surface area contributed by atoms with Crippen molar-refractivity contribution in [3.63, 3.8) is 0 Å². The van der Waals surface area contributed by atoms with Crippen molar-refractivity contribution in [3.8, 4) is 11.5 Å². The summed E-state index contributed by atoms with van der Waals surface area (Å²) in [7, 11) is 0. The Hall–Kier alpha value is -1.03. The van der Waals surface area contributed by atoms with Crippen LogP contribution in [0, 0.1) is 0 Å². The summed E-state index contributed by atoms with van der Waals surface area (Å²) >= 11 is 9.30. The van der Waals surface area contributed by atoms with E-state index in [0.29, 0.717) is 11.6 Å². The van der Waals surface area contributed by atoms with Gasteiger partial charge in [0.2, 0.25) is 0 Å². The van der Waals surface area contributed by atoms with Gasteiger partial charge >= 0.3 is 0 Å². The Balaban J connectivity index is 2.29. The Morgan fingerprint density at radius 2 is 2.00 bits per heavy atom. The molecule has 0 spiro atoms. The van der Waals surface area contributed by atoms with Gasteiger partial charge in [-0.2, -0.15) is 0 Å². The molecule has 2 aromatic rings. The molecule has 0 heterocycles. The van der Waals surface area contributed by atoms with Crippen LogP contribution in [-0.4, -0.2) is 0 Å². The molecule has 0 saturated heterocycles. The van der Waals surface area contributed by atoms with Crippen molar-refractivity contribution in [2.45, 2.75) is 6.54 Å². The Morgan fingerprint density at radius 3 is 2.71 bits per heavy atom. The van der Waals surface area contributed by atoms with Gasteiger partial charge in [-0.25, -0.2) is 0 Å². The molecule has 0 aromatic heterocycles. The Morgan fingerprint density at radius 1 is 1.18 bits per heavy atom. The van der Waals surface area contributed by atoms with Crippen LogP contribution in [0.1, 0.15) is 5.56 Å². The zero-order valence-corrected chi connectivity index (χ0v) is 11.3. The van der Waals surface area contributed by atoms with E-state index in [4.69, 9.17) is 22.1 Å². The Kier molecular flexibility index (Phi) is 4.05. The third-order valence-corrected chi connectivity index (χ3v) is 2.99. The fraction of sp³-hybridized carbons (Fsp3) is 0.0769. The maximum absolute atomic E-state index is 5.91. The van der Waals surface area contributed by atoms with Gasteiger partial charge in [-0.3, -0.25) is 0 Å². The van der Waals surface area contributed by atoms with E-state index in [9.17, 15) is 0 Å². The van der Waals surface area contributed by atoms with Crippen LogP contribution < -0.4 is 10.5 Å². The first-order valence-electron chi connectivity index (χ1n) is 5.11. The summed E-state index contributed by atoms with van der Waals surface area (Å²) in [5.41, 5.74) is 6.54. The van der Waals surface area contributed by atoms with Crippen LogP contribution in [0.25, 0.3) is 0 Å². The maximum atomic E-state index is 5.91. The lowest BCUT2D eigenvalue weighted by molar-refractivity contribution is 0.476. The van der Waals surface area contributed by atoms with Gasteiger partial charge in [0, 0.05) is 21.6 Å². The predicted octanol–water partition coefficient (Wildman–Crippen LogP) is 4.35. The summed E-state index contributed by atoms with van der Waals surface area (Å²) in [5, 5.41) is 0.659. The summed E-state index contributed by atoms with van der Waals surface area (Å²) < 4.78 is 6.74. The summed E-state index contributed by atoms with van der Waals surface area (Å²) in [6.45, 7) is 0.393. The monoisotopic (exact) mass is 311 g/mol. The molecule has 88 valence electrons. The van der Waals surface area contributed by atoms with E-state index in [1.54, 1.807) is 6.07 Å². The molecule has 0 fully saturated rings. The smallest absolute Gasteiger partial charge is 0.132 e. The highest BCUT2D eigenvalue weighted by Crippen LogP contribution is 2.28. The molecule has 0 bridgehead atoms. The Bertz CT molecular complexity index is 531. The van der Waals surface area contributed by atoms with Crippen molar-refractivity contribution in [2.24, 2.45) is 5.73 Å². The summed E-state index contributed by atoms with van der Waals surface area (Å²) in [4.78, 5) is 0. The van der Waals surface area contributed by atoms with Crippen LogP contribution in [-0.2, 0) is 6.54 Å². The molecule has 2 nitrogen and oxygen atoms in total. The minimum absolute atomic E-state index is 0.393. The highest BCUT2D eigenvalue weighted by molar-refractivity contribution is 9.10. The molecule has 0 saturated carbocycles. The predicted molar refractivity (Wildman–Crippen MR) is 73.6 cm³/mol. The van der Waals surface area contributed by atoms with E-state index >= 15 is 0 Å². The van der Waals surface area contributed by atoms with Crippen LogP contribution in [0.5, 0.6) is 11.5 Å². The summed E-state index contributed by atoms with van der Waals surface area (Å²) in [6.07, 6.45) is 0. The van der Waals surface area contributed by atoms with Crippen molar-refractivity contribution < 1.29 is 4.74 Å². The van der Waals surface area contributed by atoms with E-state index in [1.807, 2.05) is 36.4 Å². The maximum Gasteiger partial charge on any atom is 0.132 e. The van der Waals surface area contributed by atoms with E-state index < -0.39 is 0 Å². The quantitative estimate of drug-likeness (QED) is 0.914. The lowest BCUT2D eigenvalue weighted by atomic mass is 10.2. The van der Waals surface area contributed by atoms with Gasteiger partial charge in [0.05, 0.1) is 0 Å². The van der Waals surface area contributed by atoms with E-state index in [-0.39, 0.29) is 0 Å². The molecule has 2 rings (SSSR count). The van der Waals surface area contributed by atoms with E-state index in [2.05, 4.69) is 15.9 Å². The number of hydrogen-bond donors (Lipinski definition) is 1. The normalized spacial score (nSPS) is 10.3. The molecule has 17 heavy (non-hydrogen) atoms. The van der Waals surface area contributed by atoms with Crippen molar-refractivity contribution in [3.05, 3.63) is 57.5 Å². The van der Waals surface area contributed by atoms with Crippen LogP contribution in [0.3, 0.4) is 0 Å². The average Bonchev–Trinajstić information content (AvgIpc) is 2.31. The molecule has 0 radical (unpaired) electrons. The second kappa shape index (κ2) is 5.54. The van der Waals surface area contributed by atoms with Gasteiger partial charge in [-0.1, -0.05) is 33.6 Å². The highest BCUT2D eigenvalue weighted by atomic mass is 79.9. The number of benzene rings is 2. The number of rotatable bonds is 3. The van der Waals surface area contributed by atoms with Crippen molar-refractivity contribution in [1.29, 1.82) is 0 Å². The van der Waals surface area contributed by atoms with E-state index in [1.165, 1.54) is 0 Å². The van der Waals surface area contributed by atoms with E-state index in [0.717, 1.165) is 21.5 Å². The van der Waals surface area contributed by atoms with Crippen molar-refractivity contribution in [1.82, 2.24) is 0 Å². The summed E-state index contributed by atoms with van der Waals surface area (Å²) in [5.74, 6) is 1.49. The average molecular weight is 313 g/mol. The van der Waals surface area contributed by atoms with Gasteiger partial charge in [-0.05, 0) is 36.4 Å². The Labute approximate surface area is 113 Å². The van der Waals surface area contributed by atoms with Crippen LogP contribution in [0.2, 0.25) is 5.02 Å². The molecule has 2 aromatic carbocycles. The lowest BCUT2D eigenvalue weighted by Gasteiger charge is -2.10. The van der Waals surface area contributed by atoms with Gasteiger partial charge in [0.1, 0.15) is 11.5 Å². The molecular formula is C13H11BrClNO. The molecule has 0 aliphatic rings. The fourth-order valence-electron chi connectivity index (χ4n) is 1.46. The van der Waals surface area contributed by atoms with Gasteiger partial charge in [0.15, 0.2) is 0 Å². The summed E-state index contributed by atoms with van der Waals surface area (Å²) in [6, 6.07) is 13.1. The fourth-order valence-corrected chi connectivity index (χ4v) is 2.04. The van der Waals surface area contributed by atoms with Crippen molar-refractivity contribution in [2.75, 3.05) is 0 Å². The van der Waals surface area contributed by atoms with Gasteiger partial charge < -0.3 is 10.5 Å². The molecule has 0 aliphatic heterocycles. The minimum atomic E-state index is 0.393. The molecule has 2 N–H and O–H groups in total. The third kappa shape index (κ3) is 3.22. The largest absolute Gasteiger partial charge is 0.457 e. The first-order chi connectivity index (χ1) is 8.19. The number of halogens is 2. The molecule has 0 amide bonds. The molecule has 0 aliphatic carbocycles.